The number of benzene rings is 1. The molecule has 1 aromatic carbocycles. The standard InChI is InChI=1S/C13H17ClN6/c1-19(2)12-16-11(15)17-13(18-12)20(3)8-9-5-4-6-10(14)7-9/h4-7H,8H2,1-3H3,(H2,15,16,17,18). The summed E-state index contributed by atoms with van der Waals surface area (Å²) in [7, 11) is 5.61. The Bertz CT molecular complexity index is 601. The Balaban J connectivity index is 2.22. The molecule has 0 radical (unpaired) electrons. The van der Waals surface area contributed by atoms with E-state index in [4.69, 9.17) is 17.3 Å². The number of anilines is 3. The fraction of sp³-hybridized carbons (Fsp3) is 0.308. The second kappa shape index (κ2) is 5.92. The van der Waals surface area contributed by atoms with Gasteiger partial charge in [0.25, 0.3) is 0 Å². The Labute approximate surface area is 123 Å². The molecule has 0 aliphatic carbocycles. The van der Waals surface area contributed by atoms with Gasteiger partial charge in [0.05, 0.1) is 0 Å². The lowest BCUT2D eigenvalue weighted by Gasteiger charge is -2.19. The van der Waals surface area contributed by atoms with Gasteiger partial charge >= 0.3 is 0 Å². The van der Waals surface area contributed by atoms with Crippen molar-refractivity contribution in [2.24, 2.45) is 0 Å². The van der Waals surface area contributed by atoms with Crippen molar-refractivity contribution in [3.63, 3.8) is 0 Å². The van der Waals surface area contributed by atoms with Crippen molar-refractivity contribution < 1.29 is 0 Å². The van der Waals surface area contributed by atoms with E-state index < -0.39 is 0 Å². The first-order valence-electron chi connectivity index (χ1n) is 6.10. The summed E-state index contributed by atoms with van der Waals surface area (Å²) in [5.41, 5.74) is 6.79. The monoisotopic (exact) mass is 292 g/mol. The quantitative estimate of drug-likeness (QED) is 0.927. The molecule has 2 N–H and O–H groups in total. The van der Waals surface area contributed by atoms with Crippen LogP contribution in [0, 0.1) is 0 Å². The van der Waals surface area contributed by atoms with Crippen molar-refractivity contribution in [3.8, 4) is 0 Å². The molecule has 0 saturated heterocycles. The SMILES string of the molecule is CN(C)c1nc(N)nc(N(C)Cc2cccc(Cl)c2)n1. The highest BCUT2D eigenvalue weighted by atomic mass is 35.5. The second-order valence-electron chi connectivity index (χ2n) is 4.67. The summed E-state index contributed by atoms with van der Waals surface area (Å²) in [6, 6.07) is 7.67. The van der Waals surface area contributed by atoms with Crippen molar-refractivity contribution in [2.75, 3.05) is 36.7 Å². The zero-order valence-corrected chi connectivity index (χ0v) is 12.5. The summed E-state index contributed by atoms with van der Waals surface area (Å²) < 4.78 is 0. The Kier molecular flexibility index (Phi) is 4.24. The van der Waals surface area contributed by atoms with E-state index in [1.165, 1.54) is 0 Å². The van der Waals surface area contributed by atoms with E-state index in [0.717, 1.165) is 5.56 Å². The predicted octanol–water partition coefficient (Wildman–Crippen LogP) is 1.81. The minimum atomic E-state index is 0.205. The van der Waals surface area contributed by atoms with Gasteiger partial charge < -0.3 is 15.5 Å². The van der Waals surface area contributed by atoms with E-state index in [0.29, 0.717) is 23.5 Å². The Morgan fingerprint density at radius 1 is 1.10 bits per heavy atom. The molecule has 0 saturated carbocycles. The number of rotatable bonds is 4. The number of aromatic nitrogens is 3. The van der Waals surface area contributed by atoms with Crippen LogP contribution in [0.25, 0.3) is 0 Å². The summed E-state index contributed by atoms with van der Waals surface area (Å²) in [5, 5.41) is 0.708. The van der Waals surface area contributed by atoms with Crippen molar-refractivity contribution in [1.82, 2.24) is 15.0 Å². The van der Waals surface area contributed by atoms with Gasteiger partial charge in [-0.15, -0.1) is 0 Å². The Morgan fingerprint density at radius 2 is 1.80 bits per heavy atom. The summed E-state index contributed by atoms with van der Waals surface area (Å²) >= 11 is 5.98. The maximum absolute atomic E-state index is 5.98. The fourth-order valence-electron chi connectivity index (χ4n) is 1.72. The van der Waals surface area contributed by atoms with E-state index in [2.05, 4.69) is 15.0 Å². The molecule has 2 rings (SSSR count). The van der Waals surface area contributed by atoms with E-state index in [9.17, 15) is 0 Å². The number of nitrogens with zero attached hydrogens (tertiary/aromatic N) is 5. The summed E-state index contributed by atoms with van der Waals surface area (Å²) in [6.07, 6.45) is 0. The topological polar surface area (TPSA) is 71.2 Å². The molecular weight excluding hydrogens is 276 g/mol. The molecule has 1 aromatic heterocycles. The Morgan fingerprint density at radius 3 is 2.45 bits per heavy atom. The molecule has 0 aliphatic heterocycles. The third-order valence-corrected chi connectivity index (χ3v) is 2.91. The highest BCUT2D eigenvalue weighted by molar-refractivity contribution is 6.30. The molecule has 0 unspecified atom stereocenters. The van der Waals surface area contributed by atoms with E-state index in [1.54, 1.807) is 4.90 Å². The lowest BCUT2D eigenvalue weighted by atomic mass is 10.2. The molecular formula is C13H17ClN6. The Hall–Kier alpha value is -2.08. The van der Waals surface area contributed by atoms with Gasteiger partial charge in [0.15, 0.2) is 0 Å². The minimum absolute atomic E-state index is 0.205. The predicted molar refractivity (Wildman–Crippen MR) is 82.1 cm³/mol. The number of nitrogens with two attached hydrogens (primary N) is 1. The highest BCUT2D eigenvalue weighted by Gasteiger charge is 2.10. The molecule has 1 heterocycles. The molecule has 0 fully saturated rings. The second-order valence-corrected chi connectivity index (χ2v) is 5.11. The van der Waals surface area contributed by atoms with Crippen LogP contribution in [0.4, 0.5) is 17.8 Å². The molecule has 20 heavy (non-hydrogen) atoms. The molecule has 106 valence electrons. The molecule has 2 aromatic rings. The minimum Gasteiger partial charge on any atom is -0.368 e. The zero-order chi connectivity index (χ0) is 14.7. The van der Waals surface area contributed by atoms with Crippen LogP contribution in [0.3, 0.4) is 0 Å². The first-order chi connectivity index (χ1) is 9.45. The van der Waals surface area contributed by atoms with Gasteiger partial charge in [-0.2, -0.15) is 15.0 Å². The van der Waals surface area contributed by atoms with Crippen LogP contribution in [-0.4, -0.2) is 36.1 Å². The van der Waals surface area contributed by atoms with Crippen LogP contribution < -0.4 is 15.5 Å². The fourth-order valence-corrected chi connectivity index (χ4v) is 1.93. The maximum atomic E-state index is 5.98. The molecule has 0 spiro atoms. The van der Waals surface area contributed by atoms with Gasteiger partial charge in [0.1, 0.15) is 0 Å². The molecule has 0 aliphatic rings. The van der Waals surface area contributed by atoms with Crippen LogP contribution in [-0.2, 0) is 6.54 Å². The normalized spacial score (nSPS) is 10.4. The number of hydrogen-bond donors (Lipinski definition) is 1. The average molecular weight is 293 g/mol. The van der Waals surface area contributed by atoms with E-state index in [1.807, 2.05) is 50.3 Å². The lowest BCUT2D eigenvalue weighted by Crippen LogP contribution is -2.22. The zero-order valence-electron chi connectivity index (χ0n) is 11.7. The molecule has 7 heteroatoms. The van der Waals surface area contributed by atoms with Crippen molar-refractivity contribution in [2.45, 2.75) is 6.54 Å². The van der Waals surface area contributed by atoms with Crippen LogP contribution in [0.1, 0.15) is 5.56 Å². The third kappa shape index (κ3) is 3.48. The molecule has 6 nitrogen and oxygen atoms in total. The first kappa shape index (κ1) is 14.3. The van der Waals surface area contributed by atoms with Gasteiger partial charge in [0.2, 0.25) is 17.8 Å². The van der Waals surface area contributed by atoms with Crippen LogP contribution >= 0.6 is 11.6 Å². The molecule has 0 amide bonds. The summed E-state index contributed by atoms with van der Waals surface area (Å²) in [6.45, 7) is 0.636. The molecule has 0 atom stereocenters. The first-order valence-corrected chi connectivity index (χ1v) is 6.48. The van der Waals surface area contributed by atoms with Gasteiger partial charge in [-0.1, -0.05) is 23.7 Å². The van der Waals surface area contributed by atoms with Gasteiger partial charge in [0, 0.05) is 32.7 Å². The lowest BCUT2D eigenvalue weighted by molar-refractivity contribution is 0.846. The van der Waals surface area contributed by atoms with Crippen LogP contribution in [0.2, 0.25) is 5.02 Å². The maximum Gasteiger partial charge on any atom is 0.231 e. The number of halogens is 1. The van der Waals surface area contributed by atoms with E-state index >= 15 is 0 Å². The highest BCUT2D eigenvalue weighted by Crippen LogP contribution is 2.16. The van der Waals surface area contributed by atoms with Gasteiger partial charge in [-0.3, -0.25) is 0 Å². The molecule has 0 bridgehead atoms. The summed E-state index contributed by atoms with van der Waals surface area (Å²) in [5.74, 6) is 1.27. The van der Waals surface area contributed by atoms with Crippen molar-refractivity contribution >= 4 is 29.4 Å². The average Bonchev–Trinajstić information content (AvgIpc) is 2.37. The smallest absolute Gasteiger partial charge is 0.231 e. The van der Waals surface area contributed by atoms with Crippen LogP contribution in [0.5, 0.6) is 0 Å². The number of nitrogen functional groups attached to an aromatic ring is 1. The number of hydrogen-bond acceptors (Lipinski definition) is 6. The largest absolute Gasteiger partial charge is 0.368 e. The third-order valence-electron chi connectivity index (χ3n) is 2.68. The van der Waals surface area contributed by atoms with E-state index in [-0.39, 0.29) is 5.95 Å². The van der Waals surface area contributed by atoms with Crippen molar-refractivity contribution in [3.05, 3.63) is 34.9 Å². The van der Waals surface area contributed by atoms with Crippen LogP contribution in [0.15, 0.2) is 24.3 Å². The van der Waals surface area contributed by atoms with Gasteiger partial charge in [-0.05, 0) is 17.7 Å². The summed E-state index contributed by atoms with van der Waals surface area (Å²) in [4.78, 5) is 16.3. The van der Waals surface area contributed by atoms with Crippen molar-refractivity contribution in [1.29, 1.82) is 0 Å². The van der Waals surface area contributed by atoms with Gasteiger partial charge in [-0.25, -0.2) is 0 Å².